The lowest BCUT2D eigenvalue weighted by molar-refractivity contribution is 0.131. The number of amides is 2. The first kappa shape index (κ1) is 16.9. The average molecular weight is 365 g/mol. The van der Waals surface area contributed by atoms with Gasteiger partial charge in [0.2, 0.25) is 0 Å². The molecule has 0 unspecified atom stereocenters. The fraction of sp³-hybridized carbons (Fsp3) is 0.278. The highest BCUT2D eigenvalue weighted by Crippen LogP contribution is 2.29. The van der Waals surface area contributed by atoms with E-state index < -0.39 is 0 Å². The van der Waals surface area contributed by atoms with Crippen molar-refractivity contribution in [3.63, 3.8) is 0 Å². The predicted octanol–water partition coefficient (Wildman–Crippen LogP) is 4.71. The van der Waals surface area contributed by atoms with Crippen LogP contribution in [0.2, 0.25) is 10.0 Å². The highest BCUT2D eigenvalue weighted by molar-refractivity contribution is 6.31. The monoisotopic (exact) mass is 364 g/mol. The Hall–Kier alpha value is -1.91. The number of halogens is 2. The molecule has 0 spiro atoms. The minimum absolute atomic E-state index is 0.136. The van der Waals surface area contributed by atoms with Crippen molar-refractivity contribution in [2.24, 2.45) is 5.92 Å². The topological polar surface area (TPSA) is 41.6 Å². The Morgan fingerprint density at radius 2 is 1.83 bits per heavy atom. The zero-order valence-corrected chi connectivity index (χ0v) is 14.8. The van der Waals surface area contributed by atoms with Crippen LogP contribution in [0, 0.1) is 5.92 Å². The van der Waals surface area contributed by atoms with E-state index >= 15 is 0 Å². The molecule has 24 heavy (non-hydrogen) atoms. The third-order valence-corrected chi connectivity index (χ3v) is 4.57. The third kappa shape index (κ3) is 3.94. The van der Waals surface area contributed by atoms with Crippen LogP contribution in [0.1, 0.15) is 5.56 Å². The lowest BCUT2D eigenvalue weighted by Crippen LogP contribution is -2.52. The molecule has 1 fully saturated rings. The molecule has 1 aliphatic rings. The van der Waals surface area contributed by atoms with Crippen molar-refractivity contribution in [2.75, 3.05) is 25.5 Å². The summed E-state index contributed by atoms with van der Waals surface area (Å²) in [5, 5.41) is 4.15. The standard InChI is InChI=1S/C18H18Cl2N2O2/c1-24-17-7-6-15(20)9-16(17)21-18(23)22-10-13(11-22)8-12-2-4-14(19)5-3-12/h2-7,9,13H,8,10-11H2,1H3,(H,21,23). The molecule has 0 aliphatic carbocycles. The molecule has 126 valence electrons. The van der Waals surface area contributed by atoms with Crippen molar-refractivity contribution in [1.29, 1.82) is 0 Å². The van der Waals surface area contributed by atoms with Crippen LogP contribution in [0.3, 0.4) is 0 Å². The molecule has 1 heterocycles. The quantitative estimate of drug-likeness (QED) is 0.853. The number of hydrogen-bond donors (Lipinski definition) is 1. The number of ether oxygens (including phenoxy) is 1. The van der Waals surface area contributed by atoms with Gasteiger partial charge in [-0.1, -0.05) is 35.3 Å². The average Bonchev–Trinajstić information content (AvgIpc) is 2.52. The fourth-order valence-electron chi connectivity index (χ4n) is 2.79. The minimum atomic E-state index is -0.136. The minimum Gasteiger partial charge on any atom is -0.495 e. The van der Waals surface area contributed by atoms with E-state index in [1.165, 1.54) is 5.56 Å². The maximum atomic E-state index is 12.3. The van der Waals surface area contributed by atoms with Crippen molar-refractivity contribution in [1.82, 2.24) is 4.90 Å². The molecular formula is C18H18Cl2N2O2. The Morgan fingerprint density at radius 3 is 2.50 bits per heavy atom. The Morgan fingerprint density at radius 1 is 1.17 bits per heavy atom. The molecule has 2 aromatic carbocycles. The van der Waals surface area contributed by atoms with Gasteiger partial charge in [-0.25, -0.2) is 4.79 Å². The highest BCUT2D eigenvalue weighted by atomic mass is 35.5. The second kappa shape index (κ2) is 7.32. The lowest BCUT2D eigenvalue weighted by Gasteiger charge is -2.39. The van der Waals surface area contributed by atoms with E-state index in [9.17, 15) is 4.79 Å². The van der Waals surface area contributed by atoms with E-state index in [1.807, 2.05) is 24.3 Å². The van der Waals surface area contributed by atoms with Gasteiger partial charge in [-0.3, -0.25) is 0 Å². The van der Waals surface area contributed by atoms with Crippen molar-refractivity contribution in [3.8, 4) is 5.75 Å². The second-order valence-electron chi connectivity index (χ2n) is 5.88. The number of carbonyl (C=O) groups excluding carboxylic acids is 1. The predicted molar refractivity (Wildman–Crippen MR) is 97.2 cm³/mol. The number of likely N-dealkylation sites (tertiary alicyclic amines) is 1. The number of benzene rings is 2. The summed E-state index contributed by atoms with van der Waals surface area (Å²) in [5.41, 5.74) is 1.82. The van der Waals surface area contributed by atoms with Crippen LogP contribution in [0.15, 0.2) is 42.5 Å². The summed E-state index contributed by atoms with van der Waals surface area (Å²) in [6, 6.07) is 12.9. The molecule has 6 heteroatoms. The summed E-state index contributed by atoms with van der Waals surface area (Å²) in [6.07, 6.45) is 0.946. The zero-order chi connectivity index (χ0) is 17.1. The van der Waals surface area contributed by atoms with Gasteiger partial charge in [0.15, 0.2) is 0 Å². The Labute approximate surface area is 151 Å². The van der Waals surface area contributed by atoms with E-state index in [-0.39, 0.29) is 6.03 Å². The molecular weight excluding hydrogens is 347 g/mol. The van der Waals surface area contributed by atoms with Gasteiger partial charge in [-0.05, 0) is 48.2 Å². The number of carbonyl (C=O) groups is 1. The molecule has 1 aliphatic heterocycles. The van der Waals surface area contributed by atoms with Gasteiger partial charge >= 0.3 is 6.03 Å². The number of nitrogens with zero attached hydrogens (tertiary/aromatic N) is 1. The van der Waals surface area contributed by atoms with E-state index in [1.54, 1.807) is 30.2 Å². The second-order valence-corrected chi connectivity index (χ2v) is 6.75. The Balaban J connectivity index is 1.53. The molecule has 0 radical (unpaired) electrons. The van der Waals surface area contributed by atoms with E-state index in [0.29, 0.717) is 22.4 Å². The Bertz CT molecular complexity index is 728. The molecule has 0 atom stereocenters. The van der Waals surface area contributed by atoms with Crippen LogP contribution >= 0.6 is 23.2 Å². The summed E-state index contributed by atoms with van der Waals surface area (Å²) >= 11 is 11.9. The highest BCUT2D eigenvalue weighted by Gasteiger charge is 2.31. The number of nitrogens with one attached hydrogen (secondary N) is 1. The molecule has 3 rings (SSSR count). The van der Waals surface area contributed by atoms with Gasteiger partial charge in [0.1, 0.15) is 5.75 Å². The zero-order valence-electron chi connectivity index (χ0n) is 13.3. The van der Waals surface area contributed by atoms with Crippen LogP contribution in [0.4, 0.5) is 10.5 Å². The van der Waals surface area contributed by atoms with Crippen molar-refractivity contribution >= 4 is 34.9 Å². The molecule has 1 saturated heterocycles. The smallest absolute Gasteiger partial charge is 0.321 e. The number of urea groups is 1. The molecule has 0 aromatic heterocycles. The summed E-state index contributed by atoms with van der Waals surface area (Å²) in [6.45, 7) is 1.47. The summed E-state index contributed by atoms with van der Waals surface area (Å²) in [4.78, 5) is 14.1. The van der Waals surface area contributed by atoms with Crippen LogP contribution in [0.5, 0.6) is 5.75 Å². The van der Waals surface area contributed by atoms with Crippen LogP contribution in [-0.4, -0.2) is 31.1 Å². The van der Waals surface area contributed by atoms with Crippen LogP contribution in [-0.2, 0) is 6.42 Å². The first-order chi connectivity index (χ1) is 11.5. The SMILES string of the molecule is COc1ccc(Cl)cc1NC(=O)N1CC(Cc2ccc(Cl)cc2)C1. The number of rotatable bonds is 4. The van der Waals surface area contributed by atoms with Gasteiger partial charge in [-0.15, -0.1) is 0 Å². The van der Waals surface area contributed by atoms with Gasteiger partial charge in [0, 0.05) is 23.1 Å². The summed E-state index contributed by atoms with van der Waals surface area (Å²) in [5.74, 6) is 1.06. The number of methoxy groups -OCH3 is 1. The fourth-order valence-corrected chi connectivity index (χ4v) is 3.09. The van der Waals surface area contributed by atoms with Gasteiger partial charge < -0.3 is 15.0 Å². The normalized spacial score (nSPS) is 14.2. The first-order valence-corrected chi connectivity index (χ1v) is 8.44. The lowest BCUT2D eigenvalue weighted by atomic mass is 9.92. The molecule has 2 aromatic rings. The number of anilines is 1. The maximum Gasteiger partial charge on any atom is 0.321 e. The third-order valence-electron chi connectivity index (χ3n) is 4.09. The van der Waals surface area contributed by atoms with Crippen molar-refractivity contribution < 1.29 is 9.53 Å². The van der Waals surface area contributed by atoms with E-state index in [0.717, 1.165) is 24.5 Å². The first-order valence-electron chi connectivity index (χ1n) is 7.69. The molecule has 0 bridgehead atoms. The molecule has 2 amide bonds. The van der Waals surface area contributed by atoms with Crippen LogP contribution in [0.25, 0.3) is 0 Å². The van der Waals surface area contributed by atoms with Crippen molar-refractivity contribution in [2.45, 2.75) is 6.42 Å². The van der Waals surface area contributed by atoms with Gasteiger partial charge in [-0.2, -0.15) is 0 Å². The molecule has 4 nitrogen and oxygen atoms in total. The van der Waals surface area contributed by atoms with Crippen molar-refractivity contribution in [3.05, 3.63) is 58.1 Å². The Kier molecular flexibility index (Phi) is 5.17. The largest absolute Gasteiger partial charge is 0.495 e. The van der Waals surface area contributed by atoms with E-state index in [4.69, 9.17) is 27.9 Å². The van der Waals surface area contributed by atoms with E-state index in [2.05, 4.69) is 5.32 Å². The maximum absolute atomic E-state index is 12.3. The molecule has 0 saturated carbocycles. The number of hydrogen-bond acceptors (Lipinski definition) is 2. The summed E-state index contributed by atoms with van der Waals surface area (Å²) < 4.78 is 5.24. The van der Waals surface area contributed by atoms with Gasteiger partial charge in [0.05, 0.1) is 12.8 Å². The summed E-state index contributed by atoms with van der Waals surface area (Å²) in [7, 11) is 1.56. The van der Waals surface area contributed by atoms with Crippen LogP contribution < -0.4 is 10.1 Å². The van der Waals surface area contributed by atoms with Gasteiger partial charge in [0.25, 0.3) is 0 Å². The molecule has 1 N–H and O–H groups in total.